The van der Waals surface area contributed by atoms with Gasteiger partial charge in [-0.15, -0.1) is 0 Å². The Hall–Kier alpha value is -3.34. The van der Waals surface area contributed by atoms with Crippen LogP contribution >= 0.6 is 0 Å². The van der Waals surface area contributed by atoms with E-state index in [-0.39, 0.29) is 29.6 Å². The molecule has 9 nitrogen and oxygen atoms in total. The van der Waals surface area contributed by atoms with E-state index in [1.165, 1.54) is 16.4 Å². The van der Waals surface area contributed by atoms with Gasteiger partial charge in [0.1, 0.15) is 0 Å². The fourth-order valence-electron chi connectivity index (χ4n) is 4.19. The van der Waals surface area contributed by atoms with Gasteiger partial charge < -0.3 is 5.32 Å². The van der Waals surface area contributed by atoms with E-state index in [2.05, 4.69) is 5.32 Å². The standard InChI is InChI=1S/C24H26N4O5S/c1-17-10-11-20(28(30)31)16-23(17)34(32,33)27-14-12-26(13-15-27)18(2)24(29)25-22-9-5-7-19-6-3-4-8-21(19)22/h3-11,16,18H,12-15H2,1-2H3,(H,25,29). The average molecular weight is 483 g/mol. The molecule has 34 heavy (non-hydrogen) atoms. The van der Waals surface area contributed by atoms with Gasteiger partial charge in [-0.05, 0) is 30.9 Å². The number of sulfonamides is 1. The number of carbonyl (C=O) groups excluding carboxylic acids is 1. The molecule has 178 valence electrons. The zero-order chi connectivity index (χ0) is 24.5. The molecule has 3 aromatic rings. The van der Waals surface area contributed by atoms with Crippen molar-refractivity contribution in [2.75, 3.05) is 31.5 Å². The lowest BCUT2D eigenvalue weighted by atomic mass is 10.1. The molecule has 0 spiro atoms. The fraction of sp³-hybridized carbons (Fsp3) is 0.292. The molecule has 0 aromatic heterocycles. The summed E-state index contributed by atoms with van der Waals surface area (Å²) in [4.78, 5) is 25.3. The zero-order valence-electron chi connectivity index (χ0n) is 19.0. The lowest BCUT2D eigenvalue weighted by Crippen LogP contribution is -2.54. The molecule has 0 saturated carbocycles. The Morgan fingerprint density at radius 1 is 1.03 bits per heavy atom. The van der Waals surface area contributed by atoms with Crippen LogP contribution in [0.2, 0.25) is 0 Å². The number of anilines is 1. The largest absolute Gasteiger partial charge is 0.324 e. The van der Waals surface area contributed by atoms with Crippen LogP contribution in [-0.4, -0.2) is 60.7 Å². The molecular formula is C24H26N4O5S. The van der Waals surface area contributed by atoms with Gasteiger partial charge in [0, 0.05) is 49.4 Å². The predicted molar refractivity (Wildman–Crippen MR) is 130 cm³/mol. The Morgan fingerprint density at radius 3 is 2.41 bits per heavy atom. The van der Waals surface area contributed by atoms with Crippen LogP contribution in [-0.2, 0) is 14.8 Å². The van der Waals surface area contributed by atoms with Gasteiger partial charge in [0.25, 0.3) is 5.69 Å². The number of aryl methyl sites for hydroxylation is 1. The molecule has 0 aliphatic carbocycles. The summed E-state index contributed by atoms with van der Waals surface area (Å²) in [6.45, 7) is 4.54. The second-order valence-corrected chi connectivity index (χ2v) is 10.2. The van der Waals surface area contributed by atoms with Crippen molar-refractivity contribution in [1.29, 1.82) is 0 Å². The van der Waals surface area contributed by atoms with E-state index in [0.29, 0.717) is 18.7 Å². The zero-order valence-corrected chi connectivity index (χ0v) is 19.8. The van der Waals surface area contributed by atoms with E-state index in [4.69, 9.17) is 0 Å². The Bertz CT molecular complexity index is 1350. The number of nitro benzene ring substituents is 1. The molecule has 1 amide bonds. The first-order chi connectivity index (χ1) is 16.2. The molecule has 1 aliphatic heterocycles. The Labute approximate surface area is 198 Å². The first-order valence-electron chi connectivity index (χ1n) is 11.0. The first kappa shape index (κ1) is 23.8. The van der Waals surface area contributed by atoms with Crippen molar-refractivity contribution in [1.82, 2.24) is 9.21 Å². The maximum Gasteiger partial charge on any atom is 0.270 e. The van der Waals surface area contributed by atoms with Crippen LogP contribution in [0.3, 0.4) is 0 Å². The van der Waals surface area contributed by atoms with Gasteiger partial charge in [0.05, 0.1) is 15.9 Å². The monoisotopic (exact) mass is 482 g/mol. The van der Waals surface area contributed by atoms with Crippen molar-refractivity contribution >= 4 is 38.1 Å². The Kier molecular flexibility index (Phi) is 6.65. The molecule has 0 bridgehead atoms. The van der Waals surface area contributed by atoms with E-state index in [0.717, 1.165) is 22.5 Å². The maximum atomic E-state index is 13.2. The summed E-state index contributed by atoms with van der Waals surface area (Å²) in [6, 6.07) is 16.9. The van der Waals surface area contributed by atoms with E-state index in [1.807, 2.05) is 47.4 Å². The number of non-ortho nitro benzene ring substituents is 1. The molecule has 1 N–H and O–H groups in total. The third kappa shape index (κ3) is 4.65. The molecule has 1 aliphatic rings. The number of rotatable bonds is 6. The number of piperazine rings is 1. The van der Waals surface area contributed by atoms with Gasteiger partial charge in [0.15, 0.2) is 0 Å². The van der Waals surface area contributed by atoms with E-state index < -0.39 is 21.0 Å². The highest BCUT2D eigenvalue weighted by molar-refractivity contribution is 7.89. The van der Waals surface area contributed by atoms with Crippen LogP contribution in [0.4, 0.5) is 11.4 Å². The topological polar surface area (TPSA) is 113 Å². The summed E-state index contributed by atoms with van der Waals surface area (Å²) in [5.41, 5.74) is 0.926. The summed E-state index contributed by atoms with van der Waals surface area (Å²) in [5, 5.41) is 16.1. The Balaban J connectivity index is 1.43. The molecule has 0 radical (unpaired) electrons. The highest BCUT2D eigenvalue weighted by Gasteiger charge is 2.33. The molecule has 3 aromatic carbocycles. The van der Waals surface area contributed by atoms with Crippen LogP contribution < -0.4 is 5.32 Å². The molecular weight excluding hydrogens is 456 g/mol. The number of hydrogen-bond acceptors (Lipinski definition) is 6. The lowest BCUT2D eigenvalue weighted by molar-refractivity contribution is -0.385. The minimum absolute atomic E-state index is 0.0584. The number of benzene rings is 3. The molecule has 1 atom stereocenters. The number of nitrogens with zero attached hydrogens (tertiary/aromatic N) is 3. The van der Waals surface area contributed by atoms with Crippen molar-refractivity contribution in [2.45, 2.75) is 24.8 Å². The number of amides is 1. The quantitative estimate of drug-likeness (QED) is 0.426. The van der Waals surface area contributed by atoms with Gasteiger partial charge in [-0.25, -0.2) is 8.42 Å². The van der Waals surface area contributed by atoms with Crippen LogP contribution in [0.15, 0.2) is 65.6 Å². The molecule has 10 heteroatoms. The number of nitro groups is 1. The third-order valence-corrected chi connectivity index (χ3v) is 8.29. The number of carbonyl (C=O) groups is 1. The van der Waals surface area contributed by atoms with Crippen molar-refractivity contribution in [3.05, 3.63) is 76.3 Å². The predicted octanol–water partition coefficient (Wildman–Crippen LogP) is 3.39. The molecule has 1 saturated heterocycles. The molecule has 1 heterocycles. The van der Waals surface area contributed by atoms with Gasteiger partial charge in [-0.2, -0.15) is 4.31 Å². The average Bonchev–Trinajstić information content (AvgIpc) is 2.84. The van der Waals surface area contributed by atoms with Crippen LogP contribution in [0.5, 0.6) is 0 Å². The molecule has 4 rings (SSSR count). The maximum absolute atomic E-state index is 13.2. The van der Waals surface area contributed by atoms with Crippen LogP contribution in [0.1, 0.15) is 12.5 Å². The van der Waals surface area contributed by atoms with E-state index in [9.17, 15) is 23.3 Å². The smallest absolute Gasteiger partial charge is 0.270 e. The highest BCUT2D eigenvalue weighted by atomic mass is 32.2. The van der Waals surface area contributed by atoms with Gasteiger partial charge in [0.2, 0.25) is 15.9 Å². The van der Waals surface area contributed by atoms with Crippen molar-refractivity contribution in [2.24, 2.45) is 0 Å². The SMILES string of the molecule is Cc1ccc([N+](=O)[O-])cc1S(=O)(=O)N1CCN(C(C)C(=O)Nc2cccc3ccccc23)CC1. The highest BCUT2D eigenvalue weighted by Crippen LogP contribution is 2.26. The summed E-state index contributed by atoms with van der Waals surface area (Å²) < 4.78 is 27.7. The van der Waals surface area contributed by atoms with Crippen LogP contribution in [0.25, 0.3) is 10.8 Å². The van der Waals surface area contributed by atoms with Gasteiger partial charge >= 0.3 is 0 Å². The summed E-state index contributed by atoms with van der Waals surface area (Å²) in [6.07, 6.45) is 0. The number of fused-ring (bicyclic) bond motifs is 1. The number of hydrogen-bond donors (Lipinski definition) is 1. The lowest BCUT2D eigenvalue weighted by Gasteiger charge is -2.36. The number of nitrogens with one attached hydrogen (secondary N) is 1. The summed E-state index contributed by atoms with van der Waals surface area (Å²) in [7, 11) is -3.89. The third-order valence-electron chi connectivity index (χ3n) is 6.25. The summed E-state index contributed by atoms with van der Waals surface area (Å²) in [5.74, 6) is -0.165. The van der Waals surface area contributed by atoms with Gasteiger partial charge in [-0.1, -0.05) is 42.5 Å². The second kappa shape index (κ2) is 9.49. The molecule has 1 fully saturated rings. The molecule has 1 unspecified atom stereocenters. The second-order valence-electron chi connectivity index (χ2n) is 8.34. The van der Waals surface area contributed by atoms with Gasteiger partial charge in [-0.3, -0.25) is 19.8 Å². The van der Waals surface area contributed by atoms with E-state index in [1.54, 1.807) is 13.8 Å². The fourth-order valence-corrected chi connectivity index (χ4v) is 5.85. The minimum Gasteiger partial charge on any atom is -0.324 e. The van der Waals surface area contributed by atoms with E-state index >= 15 is 0 Å². The van der Waals surface area contributed by atoms with Crippen molar-refractivity contribution in [3.63, 3.8) is 0 Å². The minimum atomic E-state index is -3.89. The Morgan fingerprint density at radius 2 is 1.71 bits per heavy atom. The first-order valence-corrected chi connectivity index (χ1v) is 12.4. The normalized spacial score (nSPS) is 16.3. The summed E-state index contributed by atoms with van der Waals surface area (Å²) >= 11 is 0. The van der Waals surface area contributed by atoms with Crippen molar-refractivity contribution in [3.8, 4) is 0 Å². The van der Waals surface area contributed by atoms with Crippen molar-refractivity contribution < 1.29 is 18.1 Å². The van der Waals surface area contributed by atoms with Crippen LogP contribution in [0, 0.1) is 17.0 Å².